The van der Waals surface area contributed by atoms with Crippen LogP contribution in [0.25, 0.3) is 0 Å². The second kappa shape index (κ2) is 2.32. The van der Waals surface area contributed by atoms with E-state index in [0.717, 1.165) is 12.2 Å². The van der Waals surface area contributed by atoms with Crippen LogP contribution in [0.3, 0.4) is 0 Å². The summed E-state index contributed by atoms with van der Waals surface area (Å²) < 4.78 is 0. The van der Waals surface area contributed by atoms with Crippen LogP contribution < -0.4 is 0 Å². The minimum Gasteiger partial charge on any atom is -0.382 e. The molecular formula is C6H6O4. The molecule has 1 aliphatic carbocycles. The third-order valence-electron chi connectivity index (χ3n) is 1.29. The van der Waals surface area contributed by atoms with Crippen molar-refractivity contribution in [2.45, 2.75) is 12.2 Å². The first kappa shape index (κ1) is 7.11. The SMILES string of the molecule is O=C1C=CC(=O)[C@H](O)[C@@H]1O. The minimum atomic E-state index is -1.57. The van der Waals surface area contributed by atoms with Crippen molar-refractivity contribution in [3.05, 3.63) is 12.2 Å². The summed E-state index contributed by atoms with van der Waals surface area (Å²) in [5.74, 6) is -1.26. The van der Waals surface area contributed by atoms with Gasteiger partial charge in [0.25, 0.3) is 0 Å². The molecule has 0 aromatic carbocycles. The number of carbonyl (C=O) groups is 2. The highest BCUT2D eigenvalue weighted by Gasteiger charge is 2.30. The van der Waals surface area contributed by atoms with Gasteiger partial charge in [-0.05, 0) is 12.2 Å². The molecule has 0 radical (unpaired) electrons. The molecule has 0 saturated heterocycles. The minimum absolute atomic E-state index is 0.632. The van der Waals surface area contributed by atoms with E-state index in [2.05, 4.69) is 0 Å². The highest BCUT2D eigenvalue weighted by Crippen LogP contribution is 2.04. The molecule has 2 N–H and O–H groups in total. The molecule has 0 spiro atoms. The summed E-state index contributed by atoms with van der Waals surface area (Å²) in [5.41, 5.74) is 0. The Morgan fingerprint density at radius 3 is 1.60 bits per heavy atom. The summed E-state index contributed by atoms with van der Waals surface area (Å²) >= 11 is 0. The quantitative estimate of drug-likeness (QED) is 0.428. The van der Waals surface area contributed by atoms with Gasteiger partial charge in [-0.15, -0.1) is 0 Å². The van der Waals surface area contributed by atoms with Gasteiger partial charge in [0.2, 0.25) is 0 Å². The lowest BCUT2D eigenvalue weighted by atomic mass is 9.99. The third kappa shape index (κ3) is 0.984. The van der Waals surface area contributed by atoms with Gasteiger partial charge >= 0.3 is 0 Å². The molecule has 1 aliphatic rings. The first-order chi connectivity index (χ1) is 4.63. The zero-order valence-corrected chi connectivity index (χ0v) is 5.02. The Hall–Kier alpha value is -1.00. The summed E-state index contributed by atoms with van der Waals surface area (Å²) in [6.07, 6.45) is -1.23. The van der Waals surface area contributed by atoms with Gasteiger partial charge in [-0.1, -0.05) is 0 Å². The predicted octanol–water partition coefficient (Wildman–Crippen LogP) is -1.58. The summed E-state index contributed by atoms with van der Waals surface area (Å²) in [6, 6.07) is 0. The van der Waals surface area contributed by atoms with E-state index in [1.54, 1.807) is 0 Å². The van der Waals surface area contributed by atoms with Crippen LogP contribution in [0, 0.1) is 0 Å². The van der Waals surface area contributed by atoms with E-state index in [1.165, 1.54) is 0 Å². The van der Waals surface area contributed by atoms with Gasteiger partial charge < -0.3 is 10.2 Å². The molecule has 0 amide bonds. The van der Waals surface area contributed by atoms with E-state index in [9.17, 15) is 9.59 Å². The van der Waals surface area contributed by atoms with Gasteiger partial charge in [0.1, 0.15) is 12.2 Å². The van der Waals surface area contributed by atoms with Crippen LogP contribution in [0.5, 0.6) is 0 Å². The highest BCUT2D eigenvalue weighted by atomic mass is 16.3. The van der Waals surface area contributed by atoms with Crippen molar-refractivity contribution < 1.29 is 19.8 Å². The molecule has 1 rings (SSSR count). The second-order valence-electron chi connectivity index (χ2n) is 2.03. The van der Waals surface area contributed by atoms with E-state index in [1.807, 2.05) is 0 Å². The number of aliphatic hydroxyl groups is 2. The molecule has 0 aromatic rings. The van der Waals surface area contributed by atoms with Crippen molar-refractivity contribution in [1.29, 1.82) is 0 Å². The van der Waals surface area contributed by atoms with E-state index >= 15 is 0 Å². The molecule has 54 valence electrons. The van der Waals surface area contributed by atoms with Crippen molar-refractivity contribution in [3.8, 4) is 0 Å². The van der Waals surface area contributed by atoms with Gasteiger partial charge in [-0.2, -0.15) is 0 Å². The zero-order chi connectivity index (χ0) is 7.72. The predicted molar refractivity (Wildman–Crippen MR) is 31.2 cm³/mol. The Kier molecular flexibility index (Phi) is 1.65. The first-order valence-corrected chi connectivity index (χ1v) is 2.75. The topological polar surface area (TPSA) is 74.6 Å². The molecule has 0 unspecified atom stereocenters. The van der Waals surface area contributed by atoms with Crippen molar-refractivity contribution >= 4 is 11.6 Å². The van der Waals surface area contributed by atoms with Gasteiger partial charge in [0, 0.05) is 0 Å². The Bertz CT molecular complexity index is 184. The molecule has 0 heterocycles. The fourth-order valence-corrected chi connectivity index (χ4v) is 0.673. The third-order valence-corrected chi connectivity index (χ3v) is 1.29. The summed E-state index contributed by atoms with van der Waals surface area (Å²) in [7, 11) is 0. The number of carbonyl (C=O) groups excluding carboxylic acids is 2. The van der Waals surface area contributed by atoms with Crippen LogP contribution in [-0.2, 0) is 9.59 Å². The van der Waals surface area contributed by atoms with Gasteiger partial charge in [0.15, 0.2) is 11.6 Å². The van der Waals surface area contributed by atoms with Crippen molar-refractivity contribution in [3.63, 3.8) is 0 Å². The lowest BCUT2D eigenvalue weighted by Crippen LogP contribution is -2.41. The van der Waals surface area contributed by atoms with E-state index in [-0.39, 0.29) is 0 Å². The largest absolute Gasteiger partial charge is 0.382 e. The molecule has 0 fully saturated rings. The van der Waals surface area contributed by atoms with Crippen molar-refractivity contribution in [2.24, 2.45) is 0 Å². The number of hydrogen-bond acceptors (Lipinski definition) is 4. The molecule has 4 nitrogen and oxygen atoms in total. The van der Waals surface area contributed by atoms with Crippen LogP contribution in [0.4, 0.5) is 0 Å². The zero-order valence-electron chi connectivity index (χ0n) is 5.02. The van der Waals surface area contributed by atoms with Gasteiger partial charge in [-0.25, -0.2) is 0 Å². The monoisotopic (exact) mass is 142 g/mol. The summed E-state index contributed by atoms with van der Waals surface area (Å²) in [4.78, 5) is 21.0. The smallest absolute Gasteiger partial charge is 0.187 e. The number of hydrogen-bond donors (Lipinski definition) is 2. The molecule has 0 bridgehead atoms. The van der Waals surface area contributed by atoms with Crippen LogP contribution in [0.1, 0.15) is 0 Å². The lowest BCUT2D eigenvalue weighted by Gasteiger charge is -2.15. The van der Waals surface area contributed by atoms with Crippen molar-refractivity contribution in [1.82, 2.24) is 0 Å². The van der Waals surface area contributed by atoms with Crippen LogP contribution in [0.2, 0.25) is 0 Å². The Morgan fingerprint density at radius 1 is 1.00 bits per heavy atom. The average molecular weight is 142 g/mol. The summed E-state index contributed by atoms with van der Waals surface area (Å²) in [5, 5.41) is 17.5. The second-order valence-corrected chi connectivity index (χ2v) is 2.03. The Balaban J connectivity index is 2.89. The molecule has 0 aromatic heterocycles. The fraction of sp³-hybridized carbons (Fsp3) is 0.333. The maximum Gasteiger partial charge on any atom is 0.187 e. The maximum atomic E-state index is 10.5. The van der Waals surface area contributed by atoms with Gasteiger partial charge in [-0.3, -0.25) is 9.59 Å². The number of ketones is 2. The number of rotatable bonds is 0. The molecule has 0 saturated carbocycles. The molecule has 4 heteroatoms. The standard InChI is InChI=1S/C6H6O4/c7-3-1-2-4(8)6(10)5(3)9/h1-2,5-6,9-10H/t5-,6+. The maximum absolute atomic E-state index is 10.5. The Labute approximate surface area is 56.8 Å². The fourth-order valence-electron chi connectivity index (χ4n) is 0.673. The highest BCUT2D eigenvalue weighted by molar-refractivity contribution is 6.09. The molecule has 0 aliphatic heterocycles. The van der Waals surface area contributed by atoms with E-state index in [0.29, 0.717) is 0 Å². The molecular weight excluding hydrogens is 136 g/mol. The van der Waals surface area contributed by atoms with Crippen molar-refractivity contribution in [2.75, 3.05) is 0 Å². The van der Waals surface area contributed by atoms with Crippen LogP contribution >= 0.6 is 0 Å². The number of aliphatic hydroxyl groups excluding tert-OH is 2. The Morgan fingerprint density at radius 2 is 1.30 bits per heavy atom. The molecule has 10 heavy (non-hydrogen) atoms. The average Bonchev–Trinajstić information content (AvgIpc) is 1.93. The van der Waals surface area contributed by atoms with E-state index < -0.39 is 23.8 Å². The van der Waals surface area contributed by atoms with Crippen LogP contribution in [0.15, 0.2) is 12.2 Å². The first-order valence-electron chi connectivity index (χ1n) is 2.75. The van der Waals surface area contributed by atoms with Gasteiger partial charge in [0.05, 0.1) is 0 Å². The van der Waals surface area contributed by atoms with Crippen LogP contribution in [-0.4, -0.2) is 34.0 Å². The lowest BCUT2D eigenvalue weighted by molar-refractivity contribution is -0.139. The normalized spacial score (nSPS) is 33.0. The molecule has 2 atom stereocenters. The van der Waals surface area contributed by atoms with E-state index in [4.69, 9.17) is 10.2 Å². The summed E-state index contributed by atoms with van der Waals surface area (Å²) in [6.45, 7) is 0.